The molecule has 2 atom stereocenters. The van der Waals surface area contributed by atoms with Gasteiger partial charge in [0.2, 0.25) is 11.5 Å². The summed E-state index contributed by atoms with van der Waals surface area (Å²) in [5.74, 6) is -0.371. The summed E-state index contributed by atoms with van der Waals surface area (Å²) in [4.78, 5) is 25.2. The highest BCUT2D eigenvalue weighted by Crippen LogP contribution is 2.25. The van der Waals surface area contributed by atoms with Gasteiger partial charge in [-0.1, -0.05) is 31.2 Å². The summed E-state index contributed by atoms with van der Waals surface area (Å²) in [5, 5.41) is 0. The zero-order valence-electron chi connectivity index (χ0n) is 14.4. The minimum atomic E-state index is -0.924. The second-order valence-corrected chi connectivity index (χ2v) is 6.64. The van der Waals surface area contributed by atoms with Crippen molar-refractivity contribution in [2.24, 2.45) is 12.8 Å². The van der Waals surface area contributed by atoms with Gasteiger partial charge >= 0.3 is 0 Å². The number of aromatic nitrogens is 1. The van der Waals surface area contributed by atoms with Gasteiger partial charge in [0.05, 0.1) is 19.1 Å². The SMILES string of the molecule is C[C@@H](c1ccc(-c2ccc(=O)n(C)c2)cc1)[C@H](N)C(=O)N1CC(F)C1. The van der Waals surface area contributed by atoms with E-state index in [1.54, 1.807) is 19.3 Å². The third-order valence-corrected chi connectivity index (χ3v) is 4.83. The lowest BCUT2D eigenvalue weighted by molar-refractivity contribution is -0.140. The first-order valence-electron chi connectivity index (χ1n) is 8.32. The summed E-state index contributed by atoms with van der Waals surface area (Å²) in [7, 11) is 1.71. The van der Waals surface area contributed by atoms with Gasteiger partial charge in [-0.2, -0.15) is 0 Å². The number of carbonyl (C=O) groups excluding carboxylic acids is 1. The van der Waals surface area contributed by atoms with Crippen molar-refractivity contribution in [2.45, 2.75) is 25.1 Å². The van der Waals surface area contributed by atoms with Crippen molar-refractivity contribution in [3.63, 3.8) is 0 Å². The quantitative estimate of drug-likeness (QED) is 0.918. The Morgan fingerprint density at radius 1 is 1.16 bits per heavy atom. The van der Waals surface area contributed by atoms with Crippen LogP contribution in [0.4, 0.5) is 4.39 Å². The lowest BCUT2D eigenvalue weighted by Crippen LogP contribution is -2.57. The van der Waals surface area contributed by atoms with Crippen molar-refractivity contribution in [1.29, 1.82) is 0 Å². The fourth-order valence-electron chi connectivity index (χ4n) is 2.98. The van der Waals surface area contributed by atoms with E-state index in [0.29, 0.717) is 0 Å². The van der Waals surface area contributed by atoms with E-state index in [-0.39, 0.29) is 30.5 Å². The summed E-state index contributed by atoms with van der Waals surface area (Å²) in [6.07, 6.45) is 0.861. The summed E-state index contributed by atoms with van der Waals surface area (Å²) in [5.41, 5.74) is 8.90. The number of alkyl halides is 1. The van der Waals surface area contributed by atoms with Crippen LogP contribution in [0.5, 0.6) is 0 Å². The number of amides is 1. The Labute approximate surface area is 145 Å². The maximum Gasteiger partial charge on any atom is 0.250 e. The third kappa shape index (κ3) is 3.49. The van der Waals surface area contributed by atoms with E-state index in [4.69, 9.17) is 5.73 Å². The van der Waals surface area contributed by atoms with Gasteiger partial charge in [-0.05, 0) is 22.8 Å². The van der Waals surface area contributed by atoms with Crippen molar-refractivity contribution < 1.29 is 9.18 Å². The van der Waals surface area contributed by atoms with Crippen LogP contribution in [-0.4, -0.2) is 40.7 Å². The van der Waals surface area contributed by atoms with Gasteiger partial charge in [0, 0.05) is 25.2 Å². The minimum absolute atomic E-state index is 0.0556. The predicted octanol–water partition coefficient (Wildman–Crippen LogP) is 1.66. The van der Waals surface area contributed by atoms with Crippen LogP contribution >= 0.6 is 0 Å². The van der Waals surface area contributed by atoms with Crippen molar-refractivity contribution in [3.05, 3.63) is 58.5 Å². The number of carbonyl (C=O) groups is 1. The summed E-state index contributed by atoms with van der Waals surface area (Å²) in [6.45, 7) is 2.19. The number of hydrogen-bond donors (Lipinski definition) is 1. The maximum atomic E-state index is 12.9. The molecule has 1 saturated heterocycles. The van der Waals surface area contributed by atoms with Gasteiger partial charge in [-0.15, -0.1) is 0 Å². The number of likely N-dealkylation sites (tertiary alicyclic amines) is 1. The smallest absolute Gasteiger partial charge is 0.250 e. The molecular formula is C19H22FN3O2. The number of rotatable bonds is 4. The molecular weight excluding hydrogens is 321 g/mol. The van der Waals surface area contributed by atoms with Crippen LogP contribution in [0.25, 0.3) is 11.1 Å². The highest BCUT2D eigenvalue weighted by molar-refractivity contribution is 5.83. The molecule has 0 spiro atoms. The first-order valence-corrected chi connectivity index (χ1v) is 8.32. The molecule has 1 fully saturated rings. The molecule has 1 aliphatic rings. The number of nitrogens with two attached hydrogens (primary N) is 1. The fourth-order valence-corrected chi connectivity index (χ4v) is 2.98. The lowest BCUT2D eigenvalue weighted by Gasteiger charge is -2.37. The van der Waals surface area contributed by atoms with Crippen molar-refractivity contribution in [3.8, 4) is 11.1 Å². The number of hydrogen-bond acceptors (Lipinski definition) is 3. The minimum Gasteiger partial charge on any atom is -0.335 e. The van der Waals surface area contributed by atoms with Gasteiger partial charge in [-0.3, -0.25) is 9.59 Å². The molecule has 0 unspecified atom stereocenters. The number of pyridine rings is 1. The topological polar surface area (TPSA) is 68.3 Å². The zero-order chi connectivity index (χ0) is 18.1. The molecule has 2 heterocycles. The second kappa shape index (κ2) is 6.80. The summed E-state index contributed by atoms with van der Waals surface area (Å²) in [6, 6.07) is 10.4. The van der Waals surface area contributed by atoms with Crippen LogP contribution in [0.3, 0.4) is 0 Å². The molecule has 0 aliphatic carbocycles. The molecule has 0 bridgehead atoms. The van der Waals surface area contributed by atoms with Crippen LogP contribution < -0.4 is 11.3 Å². The van der Waals surface area contributed by atoms with E-state index in [9.17, 15) is 14.0 Å². The molecule has 1 aromatic heterocycles. The van der Waals surface area contributed by atoms with Crippen LogP contribution in [0.2, 0.25) is 0 Å². The molecule has 0 saturated carbocycles. The van der Waals surface area contributed by atoms with Crippen LogP contribution in [0.1, 0.15) is 18.4 Å². The van der Waals surface area contributed by atoms with Gasteiger partial charge < -0.3 is 15.2 Å². The molecule has 1 aromatic carbocycles. The van der Waals surface area contributed by atoms with E-state index >= 15 is 0 Å². The Bertz CT molecular complexity index is 825. The fraction of sp³-hybridized carbons (Fsp3) is 0.368. The average Bonchev–Trinajstić information content (AvgIpc) is 2.59. The Morgan fingerprint density at radius 2 is 1.76 bits per heavy atom. The normalized spacial score (nSPS) is 17.0. The number of nitrogens with zero attached hydrogens (tertiary/aromatic N) is 2. The number of aryl methyl sites for hydroxylation is 1. The first kappa shape index (κ1) is 17.4. The lowest BCUT2D eigenvalue weighted by atomic mass is 9.91. The van der Waals surface area contributed by atoms with Gasteiger partial charge in [0.15, 0.2) is 0 Å². The highest BCUT2D eigenvalue weighted by atomic mass is 19.1. The monoisotopic (exact) mass is 343 g/mol. The third-order valence-electron chi connectivity index (χ3n) is 4.83. The van der Waals surface area contributed by atoms with E-state index in [0.717, 1.165) is 16.7 Å². The Morgan fingerprint density at radius 3 is 2.32 bits per heavy atom. The Balaban J connectivity index is 1.73. The van der Waals surface area contributed by atoms with Crippen LogP contribution in [-0.2, 0) is 11.8 Å². The molecule has 0 radical (unpaired) electrons. The maximum absolute atomic E-state index is 12.9. The number of halogens is 1. The first-order chi connectivity index (χ1) is 11.9. The molecule has 2 N–H and O–H groups in total. The molecule has 3 rings (SSSR count). The molecule has 1 aliphatic heterocycles. The van der Waals surface area contributed by atoms with E-state index in [2.05, 4.69) is 0 Å². The summed E-state index contributed by atoms with van der Waals surface area (Å²) >= 11 is 0. The second-order valence-electron chi connectivity index (χ2n) is 6.64. The highest BCUT2D eigenvalue weighted by Gasteiger charge is 2.35. The van der Waals surface area contributed by atoms with Gasteiger partial charge in [0.1, 0.15) is 6.17 Å². The zero-order valence-corrected chi connectivity index (χ0v) is 14.4. The predicted molar refractivity (Wildman–Crippen MR) is 95.0 cm³/mol. The molecule has 2 aromatic rings. The Hall–Kier alpha value is -2.47. The van der Waals surface area contributed by atoms with E-state index in [1.807, 2.05) is 31.2 Å². The molecule has 1 amide bonds. The molecule has 132 valence electrons. The van der Waals surface area contributed by atoms with Crippen molar-refractivity contribution in [1.82, 2.24) is 9.47 Å². The molecule has 25 heavy (non-hydrogen) atoms. The average molecular weight is 343 g/mol. The van der Waals surface area contributed by atoms with E-state index in [1.165, 1.54) is 15.5 Å². The van der Waals surface area contributed by atoms with E-state index < -0.39 is 12.2 Å². The Kier molecular flexibility index (Phi) is 4.72. The van der Waals surface area contributed by atoms with Crippen LogP contribution in [0.15, 0.2) is 47.4 Å². The summed E-state index contributed by atoms with van der Waals surface area (Å²) < 4.78 is 14.5. The van der Waals surface area contributed by atoms with Crippen molar-refractivity contribution >= 4 is 5.91 Å². The van der Waals surface area contributed by atoms with Gasteiger partial charge in [-0.25, -0.2) is 4.39 Å². The molecule has 6 heteroatoms. The van der Waals surface area contributed by atoms with Gasteiger partial charge in [0.25, 0.3) is 0 Å². The number of benzene rings is 1. The van der Waals surface area contributed by atoms with Crippen LogP contribution in [0, 0.1) is 0 Å². The standard InChI is InChI=1S/C19H22FN3O2/c1-12(18(21)19(25)23-10-16(20)11-23)13-3-5-14(6-4-13)15-7-8-17(24)22(2)9-15/h3-9,12,16,18H,10-11,21H2,1-2H3/t12-,18-/m0/s1. The largest absolute Gasteiger partial charge is 0.335 e. The molecule has 5 nitrogen and oxygen atoms in total. The van der Waals surface area contributed by atoms with Crippen molar-refractivity contribution in [2.75, 3.05) is 13.1 Å².